The Kier molecular flexibility index (Phi) is 1.83. The first-order chi connectivity index (χ1) is 6.70. The Hall–Kier alpha value is -2.08. The van der Waals surface area contributed by atoms with Gasteiger partial charge in [0.1, 0.15) is 17.3 Å². The molecule has 2 nitrogen and oxygen atoms in total. The first-order valence-electron chi connectivity index (χ1n) is 4.03. The summed E-state index contributed by atoms with van der Waals surface area (Å²) >= 11 is 0. The maximum atomic E-state index is 12.9. The molecule has 0 bridgehead atoms. The molecule has 1 aromatic heterocycles. The molecule has 1 heterocycles. The van der Waals surface area contributed by atoms with E-state index in [4.69, 9.17) is 12.2 Å². The average Bonchev–Trinajstić information content (AvgIpc) is 2.17. The lowest BCUT2D eigenvalue weighted by Crippen LogP contribution is -1.94. The van der Waals surface area contributed by atoms with Crippen molar-refractivity contribution in [1.29, 1.82) is 0 Å². The molecule has 2 rings (SSSR count). The molecule has 2 aromatic rings. The van der Waals surface area contributed by atoms with Crippen molar-refractivity contribution in [3.05, 3.63) is 35.8 Å². The molecule has 2 N–H and O–H groups in total. The number of pyridine rings is 1. The molecule has 3 heteroatoms. The molecule has 0 atom stereocenters. The number of hydrogen-bond acceptors (Lipinski definition) is 2. The molecular formula is C11H7FN2. The fourth-order valence-corrected chi connectivity index (χ4v) is 1.35. The zero-order valence-electron chi connectivity index (χ0n) is 7.29. The predicted molar refractivity (Wildman–Crippen MR) is 54.0 cm³/mol. The van der Waals surface area contributed by atoms with Gasteiger partial charge in [-0.3, -0.25) is 0 Å². The molecule has 0 radical (unpaired) electrons. The molecule has 0 unspecified atom stereocenters. The van der Waals surface area contributed by atoms with Crippen molar-refractivity contribution in [3.63, 3.8) is 0 Å². The second-order valence-electron chi connectivity index (χ2n) is 2.91. The fourth-order valence-electron chi connectivity index (χ4n) is 1.35. The Labute approximate surface area is 80.6 Å². The topological polar surface area (TPSA) is 38.9 Å². The third-order valence-electron chi connectivity index (χ3n) is 1.95. The zero-order valence-corrected chi connectivity index (χ0v) is 7.29. The highest BCUT2D eigenvalue weighted by atomic mass is 19.1. The quantitative estimate of drug-likeness (QED) is 0.638. The number of rotatable bonds is 0. The largest absolute Gasteiger partial charge is 0.384 e. The number of terminal acetylenes is 1. The zero-order chi connectivity index (χ0) is 10.1. The molecule has 1 aromatic carbocycles. The van der Waals surface area contributed by atoms with Crippen molar-refractivity contribution in [1.82, 2.24) is 4.98 Å². The Morgan fingerprint density at radius 1 is 1.36 bits per heavy atom. The van der Waals surface area contributed by atoms with Gasteiger partial charge in [-0.05, 0) is 29.5 Å². The molecule has 0 amide bonds. The lowest BCUT2D eigenvalue weighted by atomic mass is 10.1. The number of hydrogen-bond donors (Lipinski definition) is 1. The van der Waals surface area contributed by atoms with Crippen molar-refractivity contribution < 1.29 is 4.39 Å². The second-order valence-corrected chi connectivity index (χ2v) is 2.91. The maximum absolute atomic E-state index is 12.9. The Bertz CT molecular complexity index is 541. The van der Waals surface area contributed by atoms with Crippen LogP contribution in [0.25, 0.3) is 10.8 Å². The lowest BCUT2D eigenvalue weighted by Gasteiger charge is -2.01. The maximum Gasteiger partial charge on any atom is 0.125 e. The Morgan fingerprint density at radius 3 is 2.86 bits per heavy atom. The van der Waals surface area contributed by atoms with Gasteiger partial charge in [-0.15, -0.1) is 6.42 Å². The van der Waals surface area contributed by atoms with Crippen LogP contribution >= 0.6 is 0 Å². The molecule has 68 valence electrons. The molecule has 0 aliphatic carbocycles. The van der Waals surface area contributed by atoms with Crippen LogP contribution in [0, 0.1) is 18.2 Å². The Balaban J connectivity index is 2.90. The van der Waals surface area contributed by atoms with Crippen molar-refractivity contribution in [2.75, 3.05) is 5.73 Å². The van der Waals surface area contributed by atoms with Crippen LogP contribution in [0.4, 0.5) is 10.2 Å². The highest BCUT2D eigenvalue weighted by Crippen LogP contribution is 2.20. The minimum atomic E-state index is -0.333. The van der Waals surface area contributed by atoms with Gasteiger partial charge in [0.2, 0.25) is 0 Å². The van der Waals surface area contributed by atoms with Crippen LogP contribution in [0.5, 0.6) is 0 Å². The number of nitrogen functional groups attached to an aromatic ring is 1. The van der Waals surface area contributed by atoms with Crippen molar-refractivity contribution in [2.24, 2.45) is 0 Å². The summed E-state index contributed by atoms with van der Waals surface area (Å²) < 4.78 is 12.9. The van der Waals surface area contributed by atoms with E-state index in [2.05, 4.69) is 10.9 Å². The van der Waals surface area contributed by atoms with E-state index in [1.54, 1.807) is 12.1 Å². The molecule has 0 saturated carbocycles. The van der Waals surface area contributed by atoms with Gasteiger partial charge in [-0.25, -0.2) is 9.37 Å². The second kappa shape index (κ2) is 3.00. The van der Waals surface area contributed by atoms with Crippen molar-refractivity contribution in [2.45, 2.75) is 0 Å². The van der Waals surface area contributed by atoms with Gasteiger partial charge in [0.25, 0.3) is 0 Å². The summed E-state index contributed by atoms with van der Waals surface area (Å²) in [5.41, 5.74) is 5.91. The van der Waals surface area contributed by atoms with Crippen LogP contribution in [0.1, 0.15) is 5.69 Å². The number of benzene rings is 1. The summed E-state index contributed by atoms with van der Waals surface area (Å²) in [7, 11) is 0. The smallest absolute Gasteiger partial charge is 0.125 e. The van der Waals surface area contributed by atoms with Crippen LogP contribution in [0.15, 0.2) is 24.3 Å². The molecule has 0 aliphatic heterocycles. The van der Waals surface area contributed by atoms with Gasteiger partial charge in [0, 0.05) is 5.39 Å². The minimum Gasteiger partial charge on any atom is -0.384 e. The molecular weight excluding hydrogens is 179 g/mol. The first kappa shape index (κ1) is 8.52. The average molecular weight is 186 g/mol. The first-order valence-corrected chi connectivity index (χ1v) is 4.03. The van der Waals surface area contributed by atoms with E-state index < -0.39 is 0 Å². The van der Waals surface area contributed by atoms with Gasteiger partial charge in [-0.2, -0.15) is 0 Å². The van der Waals surface area contributed by atoms with Crippen molar-refractivity contribution >= 4 is 16.6 Å². The van der Waals surface area contributed by atoms with Gasteiger partial charge in [0.05, 0.1) is 0 Å². The molecule has 0 saturated heterocycles. The van der Waals surface area contributed by atoms with Gasteiger partial charge >= 0.3 is 0 Å². The van der Waals surface area contributed by atoms with E-state index in [9.17, 15) is 4.39 Å². The standard InChI is InChI=1S/C11H7FN2/c1-2-10-9-6-8(12)4-3-7(9)5-11(13)14-10/h1,3-6H,(H2,13,14). The van der Waals surface area contributed by atoms with Crippen LogP contribution < -0.4 is 5.73 Å². The van der Waals surface area contributed by atoms with E-state index in [1.165, 1.54) is 12.1 Å². The highest BCUT2D eigenvalue weighted by molar-refractivity contribution is 5.88. The third kappa shape index (κ3) is 1.27. The van der Waals surface area contributed by atoms with E-state index >= 15 is 0 Å². The molecule has 14 heavy (non-hydrogen) atoms. The SMILES string of the molecule is C#Cc1nc(N)cc2ccc(F)cc12. The summed E-state index contributed by atoms with van der Waals surface area (Å²) in [4.78, 5) is 3.94. The summed E-state index contributed by atoms with van der Waals surface area (Å²) in [6, 6.07) is 6.01. The van der Waals surface area contributed by atoms with Crippen LogP contribution in [-0.2, 0) is 0 Å². The number of aromatic nitrogens is 1. The highest BCUT2D eigenvalue weighted by Gasteiger charge is 2.03. The number of fused-ring (bicyclic) bond motifs is 1. The van der Waals surface area contributed by atoms with Crippen LogP contribution in [0.2, 0.25) is 0 Å². The van der Waals surface area contributed by atoms with E-state index in [1.807, 2.05) is 0 Å². The van der Waals surface area contributed by atoms with Gasteiger partial charge in [0.15, 0.2) is 0 Å². The third-order valence-corrected chi connectivity index (χ3v) is 1.95. The molecule has 0 aliphatic rings. The number of halogens is 1. The summed E-state index contributed by atoms with van der Waals surface area (Å²) in [6.45, 7) is 0. The lowest BCUT2D eigenvalue weighted by molar-refractivity contribution is 0.629. The van der Waals surface area contributed by atoms with E-state index in [0.29, 0.717) is 16.9 Å². The van der Waals surface area contributed by atoms with E-state index in [0.717, 1.165) is 5.39 Å². The summed E-state index contributed by atoms with van der Waals surface area (Å²) in [6.07, 6.45) is 5.24. The van der Waals surface area contributed by atoms with Crippen molar-refractivity contribution in [3.8, 4) is 12.3 Å². The van der Waals surface area contributed by atoms with Crippen LogP contribution in [-0.4, -0.2) is 4.98 Å². The predicted octanol–water partition coefficient (Wildman–Crippen LogP) is 1.94. The summed E-state index contributed by atoms with van der Waals surface area (Å²) in [5, 5.41) is 1.41. The summed E-state index contributed by atoms with van der Waals surface area (Å²) in [5.74, 6) is 2.39. The Morgan fingerprint density at radius 2 is 2.14 bits per heavy atom. The fraction of sp³-hybridized carbons (Fsp3) is 0. The number of nitrogens with zero attached hydrogens (tertiary/aromatic N) is 1. The minimum absolute atomic E-state index is 0.333. The monoisotopic (exact) mass is 186 g/mol. The molecule has 0 spiro atoms. The number of anilines is 1. The van der Waals surface area contributed by atoms with Gasteiger partial charge in [-0.1, -0.05) is 6.07 Å². The normalized spacial score (nSPS) is 10.0. The van der Waals surface area contributed by atoms with Gasteiger partial charge < -0.3 is 5.73 Å². The number of nitrogens with two attached hydrogens (primary N) is 1. The van der Waals surface area contributed by atoms with Crippen LogP contribution in [0.3, 0.4) is 0 Å². The van der Waals surface area contributed by atoms with E-state index in [-0.39, 0.29) is 5.82 Å². The molecule has 0 fully saturated rings.